The first-order chi connectivity index (χ1) is 15.3. The SMILES string of the molecule is CC(C)(C)OC(=O)Nc1ccc(C(=O)N2CCN(Cc3ccc4c(c3)OCO4)CC2)cc1. The van der Waals surface area contributed by atoms with Gasteiger partial charge in [-0.3, -0.25) is 15.0 Å². The number of benzene rings is 2. The fourth-order valence-electron chi connectivity index (χ4n) is 3.71. The Balaban J connectivity index is 1.27. The molecule has 2 amide bonds. The Labute approximate surface area is 188 Å². The number of hydrogen-bond donors (Lipinski definition) is 1. The van der Waals surface area contributed by atoms with E-state index in [4.69, 9.17) is 14.2 Å². The summed E-state index contributed by atoms with van der Waals surface area (Å²) in [5.41, 5.74) is 1.79. The second-order valence-electron chi connectivity index (χ2n) is 8.96. The Morgan fingerprint density at radius 2 is 1.66 bits per heavy atom. The summed E-state index contributed by atoms with van der Waals surface area (Å²) in [5, 5.41) is 2.68. The van der Waals surface area contributed by atoms with Gasteiger partial charge in [0.15, 0.2) is 11.5 Å². The van der Waals surface area contributed by atoms with E-state index in [1.54, 1.807) is 24.3 Å². The number of rotatable bonds is 4. The Kier molecular flexibility index (Phi) is 6.23. The van der Waals surface area contributed by atoms with Crippen LogP contribution in [-0.2, 0) is 11.3 Å². The lowest BCUT2D eigenvalue weighted by Crippen LogP contribution is -2.48. The fraction of sp³-hybridized carbons (Fsp3) is 0.417. The monoisotopic (exact) mass is 439 g/mol. The van der Waals surface area contributed by atoms with E-state index in [-0.39, 0.29) is 12.7 Å². The van der Waals surface area contributed by atoms with Crippen LogP contribution < -0.4 is 14.8 Å². The number of piperazine rings is 1. The molecule has 8 heteroatoms. The predicted molar refractivity (Wildman–Crippen MR) is 120 cm³/mol. The van der Waals surface area contributed by atoms with Crippen molar-refractivity contribution in [3.8, 4) is 11.5 Å². The number of ether oxygens (including phenoxy) is 3. The standard InChI is InChI=1S/C24H29N3O5/c1-24(2,3)32-23(29)25-19-7-5-18(6-8-19)22(28)27-12-10-26(11-13-27)15-17-4-9-20-21(14-17)31-16-30-20/h4-9,14H,10-13,15-16H2,1-3H3,(H,25,29). The fourth-order valence-corrected chi connectivity index (χ4v) is 3.71. The van der Waals surface area contributed by atoms with E-state index in [0.717, 1.165) is 31.1 Å². The van der Waals surface area contributed by atoms with Gasteiger partial charge < -0.3 is 19.1 Å². The Hall–Kier alpha value is -3.26. The van der Waals surface area contributed by atoms with Crippen LogP contribution in [-0.4, -0.2) is 60.4 Å². The van der Waals surface area contributed by atoms with Gasteiger partial charge in [-0.05, 0) is 62.7 Å². The molecule has 170 valence electrons. The zero-order chi connectivity index (χ0) is 22.7. The smallest absolute Gasteiger partial charge is 0.412 e. The first-order valence-corrected chi connectivity index (χ1v) is 10.8. The molecule has 2 aliphatic heterocycles. The highest BCUT2D eigenvalue weighted by Gasteiger charge is 2.23. The van der Waals surface area contributed by atoms with Crippen molar-refractivity contribution in [2.24, 2.45) is 0 Å². The van der Waals surface area contributed by atoms with Gasteiger partial charge in [0.2, 0.25) is 6.79 Å². The molecule has 2 aliphatic rings. The maximum absolute atomic E-state index is 12.9. The Morgan fingerprint density at radius 3 is 2.34 bits per heavy atom. The summed E-state index contributed by atoms with van der Waals surface area (Å²) in [6.07, 6.45) is -0.518. The van der Waals surface area contributed by atoms with E-state index in [1.165, 1.54) is 5.56 Å². The summed E-state index contributed by atoms with van der Waals surface area (Å²) in [4.78, 5) is 29.0. The number of nitrogens with zero attached hydrogens (tertiary/aromatic N) is 2. The third-order valence-corrected chi connectivity index (χ3v) is 5.28. The van der Waals surface area contributed by atoms with Crippen molar-refractivity contribution < 1.29 is 23.8 Å². The van der Waals surface area contributed by atoms with Gasteiger partial charge in [0.05, 0.1) is 0 Å². The molecule has 32 heavy (non-hydrogen) atoms. The number of nitrogens with one attached hydrogen (secondary N) is 1. The van der Waals surface area contributed by atoms with Gasteiger partial charge in [-0.2, -0.15) is 0 Å². The lowest BCUT2D eigenvalue weighted by Gasteiger charge is -2.34. The molecule has 1 saturated heterocycles. The van der Waals surface area contributed by atoms with Gasteiger partial charge in [0.25, 0.3) is 5.91 Å². The molecule has 0 aliphatic carbocycles. The molecular weight excluding hydrogens is 410 g/mol. The quantitative estimate of drug-likeness (QED) is 0.782. The Bertz CT molecular complexity index is 976. The highest BCUT2D eigenvalue weighted by atomic mass is 16.7. The maximum Gasteiger partial charge on any atom is 0.412 e. The summed E-state index contributed by atoms with van der Waals surface area (Å²) in [6, 6.07) is 12.9. The zero-order valence-corrected chi connectivity index (χ0v) is 18.7. The van der Waals surface area contributed by atoms with Crippen LogP contribution in [0, 0.1) is 0 Å². The third-order valence-electron chi connectivity index (χ3n) is 5.28. The van der Waals surface area contributed by atoms with Crippen LogP contribution in [0.25, 0.3) is 0 Å². The zero-order valence-electron chi connectivity index (χ0n) is 18.7. The van der Waals surface area contributed by atoms with E-state index in [1.807, 2.05) is 37.8 Å². The van der Waals surface area contributed by atoms with Crippen LogP contribution in [0.5, 0.6) is 11.5 Å². The molecule has 0 aromatic heterocycles. The van der Waals surface area contributed by atoms with Crippen LogP contribution in [0.3, 0.4) is 0 Å². The van der Waals surface area contributed by atoms with Gasteiger partial charge in [-0.1, -0.05) is 6.07 Å². The predicted octanol–water partition coefficient (Wildman–Crippen LogP) is 3.72. The molecule has 0 radical (unpaired) electrons. The summed E-state index contributed by atoms with van der Waals surface area (Å²) in [7, 11) is 0. The van der Waals surface area contributed by atoms with Crippen LogP contribution in [0.1, 0.15) is 36.7 Å². The molecule has 0 spiro atoms. The molecule has 0 bridgehead atoms. The molecule has 2 aromatic rings. The van der Waals surface area contributed by atoms with Gasteiger partial charge in [-0.15, -0.1) is 0 Å². The van der Waals surface area contributed by atoms with Gasteiger partial charge in [0, 0.05) is 44.0 Å². The summed E-state index contributed by atoms with van der Waals surface area (Å²) in [5.74, 6) is 1.58. The van der Waals surface area contributed by atoms with E-state index in [9.17, 15) is 9.59 Å². The van der Waals surface area contributed by atoms with Gasteiger partial charge in [0.1, 0.15) is 5.60 Å². The van der Waals surface area contributed by atoms with E-state index in [0.29, 0.717) is 24.3 Å². The van der Waals surface area contributed by atoms with Crippen molar-refractivity contribution in [1.82, 2.24) is 9.80 Å². The number of fused-ring (bicyclic) bond motifs is 1. The first kappa shape index (κ1) is 22.0. The highest BCUT2D eigenvalue weighted by molar-refractivity contribution is 5.95. The van der Waals surface area contributed by atoms with Crippen molar-refractivity contribution in [2.75, 3.05) is 38.3 Å². The molecule has 0 atom stereocenters. The molecule has 8 nitrogen and oxygen atoms in total. The number of hydrogen-bond acceptors (Lipinski definition) is 6. The average molecular weight is 440 g/mol. The highest BCUT2D eigenvalue weighted by Crippen LogP contribution is 2.32. The van der Waals surface area contributed by atoms with E-state index in [2.05, 4.69) is 16.3 Å². The number of carbonyl (C=O) groups is 2. The molecule has 4 rings (SSSR count). The number of carbonyl (C=O) groups excluding carboxylic acids is 2. The summed E-state index contributed by atoms with van der Waals surface area (Å²) >= 11 is 0. The topological polar surface area (TPSA) is 80.3 Å². The Morgan fingerprint density at radius 1 is 0.969 bits per heavy atom. The van der Waals surface area contributed by atoms with E-state index < -0.39 is 11.7 Å². The minimum absolute atomic E-state index is 0.00320. The molecule has 0 unspecified atom stereocenters. The van der Waals surface area contributed by atoms with Crippen molar-refractivity contribution in [2.45, 2.75) is 32.9 Å². The molecule has 1 N–H and O–H groups in total. The van der Waals surface area contributed by atoms with Crippen LogP contribution >= 0.6 is 0 Å². The van der Waals surface area contributed by atoms with Crippen molar-refractivity contribution in [1.29, 1.82) is 0 Å². The molecule has 2 heterocycles. The third kappa shape index (κ3) is 5.50. The van der Waals surface area contributed by atoms with Crippen molar-refractivity contribution in [3.63, 3.8) is 0 Å². The molecule has 2 aromatic carbocycles. The van der Waals surface area contributed by atoms with Crippen molar-refractivity contribution in [3.05, 3.63) is 53.6 Å². The minimum Gasteiger partial charge on any atom is -0.454 e. The van der Waals surface area contributed by atoms with Gasteiger partial charge >= 0.3 is 6.09 Å². The maximum atomic E-state index is 12.9. The lowest BCUT2D eigenvalue weighted by molar-refractivity contribution is 0.0624. The first-order valence-electron chi connectivity index (χ1n) is 10.8. The van der Waals surface area contributed by atoms with Gasteiger partial charge in [-0.25, -0.2) is 4.79 Å². The molecule has 0 saturated carbocycles. The van der Waals surface area contributed by atoms with Crippen LogP contribution in [0.4, 0.5) is 10.5 Å². The van der Waals surface area contributed by atoms with E-state index >= 15 is 0 Å². The van der Waals surface area contributed by atoms with Crippen LogP contribution in [0.15, 0.2) is 42.5 Å². The van der Waals surface area contributed by atoms with Crippen molar-refractivity contribution >= 4 is 17.7 Å². The second-order valence-corrected chi connectivity index (χ2v) is 8.96. The average Bonchev–Trinajstić information content (AvgIpc) is 3.21. The molecule has 1 fully saturated rings. The number of amides is 2. The molecular formula is C24H29N3O5. The van der Waals surface area contributed by atoms with Crippen LogP contribution in [0.2, 0.25) is 0 Å². The minimum atomic E-state index is -0.565. The number of anilines is 1. The summed E-state index contributed by atoms with van der Waals surface area (Å²) < 4.78 is 16.1. The second kappa shape index (κ2) is 9.08. The summed E-state index contributed by atoms with van der Waals surface area (Å²) in [6.45, 7) is 9.45. The normalized spacial score (nSPS) is 16.0. The lowest BCUT2D eigenvalue weighted by atomic mass is 10.1. The largest absolute Gasteiger partial charge is 0.454 e.